The van der Waals surface area contributed by atoms with Crippen LogP contribution in [0, 0.1) is 0 Å². The van der Waals surface area contributed by atoms with E-state index >= 15 is 0 Å². The van der Waals surface area contributed by atoms with Crippen LogP contribution < -0.4 is 0 Å². The molecule has 0 N–H and O–H groups in total. The number of hydrogen-bond donors (Lipinski definition) is 0. The van der Waals surface area contributed by atoms with E-state index in [2.05, 4.69) is 146 Å². The molecule has 2 heterocycles. The summed E-state index contributed by atoms with van der Waals surface area (Å²) in [6.45, 7) is 0. The summed E-state index contributed by atoms with van der Waals surface area (Å²) in [5.74, 6) is 1.93. The summed E-state index contributed by atoms with van der Waals surface area (Å²) >= 11 is 0. The molecule has 0 amide bonds. The lowest BCUT2D eigenvalue weighted by atomic mass is 9.95. The molecular formula is C47H31N3O. The molecule has 0 fully saturated rings. The van der Waals surface area contributed by atoms with E-state index in [4.69, 9.17) is 19.4 Å². The second-order valence-corrected chi connectivity index (χ2v) is 13.2. The molecule has 1 aliphatic rings. The number of nitrogens with zero attached hydrogens (tertiary/aromatic N) is 3. The summed E-state index contributed by atoms with van der Waals surface area (Å²) in [5.41, 5.74) is 11.7. The molecule has 10 rings (SSSR count). The van der Waals surface area contributed by atoms with Crippen LogP contribution in [0.25, 0.3) is 95.2 Å². The van der Waals surface area contributed by atoms with Gasteiger partial charge in [0.2, 0.25) is 0 Å². The van der Waals surface area contributed by atoms with E-state index in [0.717, 1.165) is 68.2 Å². The van der Waals surface area contributed by atoms with Gasteiger partial charge in [-0.05, 0) is 87.3 Å². The Labute approximate surface area is 295 Å². The van der Waals surface area contributed by atoms with Gasteiger partial charge in [-0.25, -0.2) is 15.0 Å². The van der Waals surface area contributed by atoms with Gasteiger partial charge in [0, 0.05) is 27.5 Å². The van der Waals surface area contributed by atoms with E-state index in [0.29, 0.717) is 17.5 Å². The zero-order valence-electron chi connectivity index (χ0n) is 27.8. The van der Waals surface area contributed by atoms with E-state index in [-0.39, 0.29) is 0 Å². The number of fused-ring (bicyclic) bond motifs is 5. The van der Waals surface area contributed by atoms with Gasteiger partial charge in [-0.15, -0.1) is 0 Å². The first kappa shape index (κ1) is 29.3. The van der Waals surface area contributed by atoms with Gasteiger partial charge in [-0.2, -0.15) is 0 Å². The maximum absolute atomic E-state index is 6.22. The molecule has 9 aromatic rings. The molecule has 1 aliphatic carbocycles. The molecule has 2 aromatic heterocycles. The van der Waals surface area contributed by atoms with Crippen molar-refractivity contribution in [3.05, 3.63) is 169 Å². The van der Waals surface area contributed by atoms with Crippen LogP contribution in [0.15, 0.2) is 162 Å². The molecule has 4 nitrogen and oxygen atoms in total. The van der Waals surface area contributed by atoms with Crippen molar-refractivity contribution in [2.24, 2.45) is 0 Å². The van der Waals surface area contributed by atoms with E-state index in [1.54, 1.807) is 0 Å². The van der Waals surface area contributed by atoms with Crippen molar-refractivity contribution in [3.8, 4) is 56.4 Å². The van der Waals surface area contributed by atoms with Crippen LogP contribution in [-0.2, 0) is 6.42 Å². The predicted octanol–water partition coefficient (Wildman–Crippen LogP) is 12.2. The van der Waals surface area contributed by atoms with Crippen LogP contribution in [0.2, 0.25) is 0 Å². The first-order valence-corrected chi connectivity index (χ1v) is 17.4. The maximum atomic E-state index is 6.22. The highest BCUT2D eigenvalue weighted by Gasteiger charge is 2.17. The smallest absolute Gasteiger partial charge is 0.164 e. The van der Waals surface area contributed by atoms with Crippen molar-refractivity contribution < 1.29 is 4.42 Å². The molecule has 0 spiro atoms. The van der Waals surface area contributed by atoms with Crippen molar-refractivity contribution in [1.82, 2.24) is 15.0 Å². The maximum Gasteiger partial charge on any atom is 0.164 e. The highest BCUT2D eigenvalue weighted by atomic mass is 16.3. The summed E-state index contributed by atoms with van der Waals surface area (Å²) in [4.78, 5) is 15.3. The largest absolute Gasteiger partial charge is 0.456 e. The molecule has 4 heteroatoms. The summed E-state index contributed by atoms with van der Waals surface area (Å²) in [7, 11) is 0. The number of para-hydroxylation sites is 1. The van der Waals surface area contributed by atoms with Crippen LogP contribution in [0.5, 0.6) is 0 Å². The number of rotatable bonds is 5. The van der Waals surface area contributed by atoms with Gasteiger partial charge < -0.3 is 4.42 Å². The van der Waals surface area contributed by atoms with Crippen molar-refractivity contribution in [2.75, 3.05) is 0 Å². The number of hydrogen-bond acceptors (Lipinski definition) is 4. The summed E-state index contributed by atoms with van der Waals surface area (Å²) in [6, 6.07) is 53.1. The zero-order chi connectivity index (χ0) is 33.7. The molecule has 0 bridgehead atoms. The van der Waals surface area contributed by atoms with Gasteiger partial charge in [0.05, 0.1) is 0 Å². The minimum absolute atomic E-state index is 0.632. The first-order valence-electron chi connectivity index (χ1n) is 17.4. The molecule has 0 unspecified atom stereocenters. The fraction of sp³-hybridized carbons (Fsp3) is 0.0426. The van der Waals surface area contributed by atoms with Crippen LogP contribution in [0.1, 0.15) is 17.5 Å². The number of benzene rings is 7. The van der Waals surface area contributed by atoms with Crippen LogP contribution in [-0.4, -0.2) is 15.0 Å². The number of aryl methyl sites for hydroxylation is 1. The predicted molar refractivity (Wildman–Crippen MR) is 209 cm³/mol. The third-order valence-electron chi connectivity index (χ3n) is 9.98. The van der Waals surface area contributed by atoms with Gasteiger partial charge in [0.15, 0.2) is 17.5 Å². The van der Waals surface area contributed by atoms with Gasteiger partial charge in [0.25, 0.3) is 0 Å². The number of aromatic nitrogens is 3. The molecule has 0 saturated heterocycles. The Hall–Kier alpha value is -6.65. The first-order chi connectivity index (χ1) is 25.2. The minimum atomic E-state index is 0.632. The lowest BCUT2D eigenvalue weighted by Gasteiger charge is -2.13. The highest BCUT2D eigenvalue weighted by Crippen LogP contribution is 2.38. The molecule has 0 saturated carbocycles. The molecule has 51 heavy (non-hydrogen) atoms. The van der Waals surface area contributed by atoms with E-state index < -0.39 is 0 Å². The second kappa shape index (κ2) is 12.0. The Kier molecular flexibility index (Phi) is 6.91. The SMILES string of the molecule is C1=Cc2cc(-c3nc(-c4ccc(-c5ccc6ccccc6c5)cc4)nc(-c4cccc(-c5cccc6oc7ccccc7c56)c4)n3)ccc2CC1. The Bertz CT molecular complexity index is 2810. The van der Waals surface area contributed by atoms with E-state index in [1.807, 2.05) is 18.2 Å². The van der Waals surface area contributed by atoms with Crippen LogP contribution in [0.4, 0.5) is 0 Å². The Balaban J connectivity index is 1.09. The molecule has 240 valence electrons. The molecular weight excluding hydrogens is 623 g/mol. The summed E-state index contributed by atoms with van der Waals surface area (Å²) in [6.07, 6.45) is 6.57. The van der Waals surface area contributed by atoms with Gasteiger partial charge in [-0.1, -0.05) is 133 Å². The van der Waals surface area contributed by atoms with Gasteiger partial charge in [0.1, 0.15) is 11.2 Å². The van der Waals surface area contributed by atoms with E-state index in [1.165, 1.54) is 27.5 Å². The van der Waals surface area contributed by atoms with Crippen molar-refractivity contribution in [3.63, 3.8) is 0 Å². The minimum Gasteiger partial charge on any atom is -0.456 e. The molecule has 0 atom stereocenters. The van der Waals surface area contributed by atoms with Crippen molar-refractivity contribution in [1.29, 1.82) is 0 Å². The Morgan fingerprint density at radius 1 is 0.451 bits per heavy atom. The second-order valence-electron chi connectivity index (χ2n) is 13.2. The monoisotopic (exact) mass is 653 g/mol. The fourth-order valence-corrected chi connectivity index (χ4v) is 7.35. The lowest BCUT2D eigenvalue weighted by molar-refractivity contribution is 0.669. The normalized spacial score (nSPS) is 12.5. The number of furan rings is 1. The standard InChI is InChI=1S/C47H31N3O/c1-3-11-34-27-36(25-21-30(34)9-1)32-19-23-33(24-20-32)45-48-46(50-47(49-45)39-26-22-31-10-2-4-12-35(31)28-39)38-14-7-13-37(29-38)40-16-8-18-43-44(40)41-15-5-6-17-42(41)51-43/h1,3-9,11-29H,2,10H2. The summed E-state index contributed by atoms with van der Waals surface area (Å²) in [5, 5.41) is 4.67. The lowest BCUT2D eigenvalue weighted by Crippen LogP contribution is -2.01. The Morgan fingerprint density at radius 2 is 1.12 bits per heavy atom. The molecule has 0 aliphatic heterocycles. The Morgan fingerprint density at radius 3 is 2.00 bits per heavy atom. The van der Waals surface area contributed by atoms with Crippen LogP contribution in [0.3, 0.4) is 0 Å². The van der Waals surface area contributed by atoms with Crippen molar-refractivity contribution in [2.45, 2.75) is 12.8 Å². The van der Waals surface area contributed by atoms with Crippen LogP contribution >= 0.6 is 0 Å². The van der Waals surface area contributed by atoms with Gasteiger partial charge in [-0.3, -0.25) is 0 Å². The van der Waals surface area contributed by atoms with E-state index in [9.17, 15) is 0 Å². The third kappa shape index (κ3) is 5.29. The van der Waals surface area contributed by atoms with Crippen molar-refractivity contribution >= 4 is 38.8 Å². The summed E-state index contributed by atoms with van der Waals surface area (Å²) < 4.78 is 6.22. The number of allylic oxidation sites excluding steroid dienone is 1. The van der Waals surface area contributed by atoms with Gasteiger partial charge >= 0.3 is 0 Å². The fourth-order valence-electron chi connectivity index (χ4n) is 7.35. The quantitative estimate of drug-likeness (QED) is 0.185. The zero-order valence-corrected chi connectivity index (χ0v) is 27.8. The average molecular weight is 654 g/mol. The third-order valence-corrected chi connectivity index (χ3v) is 9.98. The topological polar surface area (TPSA) is 51.8 Å². The highest BCUT2D eigenvalue weighted by molar-refractivity contribution is 6.12. The molecule has 7 aromatic carbocycles. The average Bonchev–Trinajstić information content (AvgIpc) is 3.59. The molecule has 0 radical (unpaired) electrons.